The lowest BCUT2D eigenvalue weighted by Gasteiger charge is -2.31. The minimum Gasteiger partial charge on any atom is -0.478 e. The third-order valence-corrected chi connectivity index (χ3v) is 6.23. The first kappa shape index (κ1) is 21.7. The molecule has 0 radical (unpaired) electrons. The van der Waals surface area contributed by atoms with Crippen LogP contribution in [0.4, 0.5) is 8.78 Å². The number of hydrogen-bond donors (Lipinski definition) is 2. The molecule has 7 heteroatoms. The van der Waals surface area contributed by atoms with Crippen LogP contribution in [0, 0.1) is 17.7 Å². The third-order valence-electron chi connectivity index (χ3n) is 6.23. The molecule has 2 heterocycles. The second kappa shape index (κ2) is 9.02. The van der Waals surface area contributed by atoms with Crippen LogP contribution in [0.3, 0.4) is 0 Å². The Balaban J connectivity index is 1.81. The number of aliphatic carboxylic acids is 1. The van der Waals surface area contributed by atoms with Gasteiger partial charge in [-0.1, -0.05) is 42.8 Å². The molecule has 2 aromatic heterocycles. The van der Waals surface area contributed by atoms with Crippen LogP contribution < -0.4 is 0 Å². The fourth-order valence-corrected chi connectivity index (χ4v) is 4.42. The number of allylic oxidation sites excluding steroid dienone is 1. The SMILES string of the molecule is O=C(O)C=Cc1ccc(C(=C(c2ncccc2F)C2CCC2)c2cccc3[nH]nc(F)c23)cc1. The lowest BCUT2D eigenvalue weighted by molar-refractivity contribution is -0.131. The Labute approximate surface area is 194 Å². The molecule has 34 heavy (non-hydrogen) atoms. The number of carbonyl (C=O) groups is 1. The Bertz CT molecular complexity index is 1430. The van der Waals surface area contributed by atoms with Gasteiger partial charge in [0.1, 0.15) is 11.5 Å². The third kappa shape index (κ3) is 4.01. The molecule has 5 rings (SSSR count). The Morgan fingerprint density at radius 3 is 2.53 bits per heavy atom. The van der Waals surface area contributed by atoms with Gasteiger partial charge >= 0.3 is 5.97 Å². The largest absolute Gasteiger partial charge is 0.478 e. The number of hydrogen-bond acceptors (Lipinski definition) is 3. The molecule has 170 valence electrons. The maximum atomic E-state index is 15.1. The summed E-state index contributed by atoms with van der Waals surface area (Å²) in [4.78, 5) is 15.3. The Morgan fingerprint density at radius 1 is 1.06 bits per heavy atom. The van der Waals surface area contributed by atoms with Gasteiger partial charge in [-0.15, -0.1) is 5.10 Å². The van der Waals surface area contributed by atoms with Crippen LogP contribution in [0.15, 0.2) is 66.9 Å². The lowest BCUT2D eigenvalue weighted by Crippen LogP contribution is -2.17. The van der Waals surface area contributed by atoms with E-state index in [1.54, 1.807) is 30.5 Å². The van der Waals surface area contributed by atoms with Gasteiger partial charge in [0.05, 0.1) is 10.9 Å². The number of carboxylic acid groups (broad SMARTS) is 1. The molecule has 2 N–H and O–H groups in total. The van der Waals surface area contributed by atoms with Crippen molar-refractivity contribution in [3.63, 3.8) is 0 Å². The highest BCUT2D eigenvalue weighted by molar-refractivity contribution is 6.06. The summed E-state index contributed by atoms with van der Waals surface area (Å²) in [6.07, 6.45) is 6.93. The van der Waals surface area contributed by atoms with Crippen molar-refractivity contribution in [2.45, 2.75) is 19.3 Å². The average Bonchev–Trinajstić information content (AvgIpc) is 3.19. The van der Waals surface area contributed by atoms with Gasteiger partial charge in [0, 0.05) is 12.3 Å². The molecule has 4 aromatic rings. The average molecular weight is 457 g/mol. The van der Waals surface area contributed by atoms with E-state index in [-0.39, 0.29) is 11.6 Å². The molecule has 0 atom stereocenters. The van der Waals surface area contributed by atoms with Gasteiger partial charge in [-0.2, -0.15) is 4.39 Å². The summed E-state index contributed by atoms with van der Waals surface area (Å²) in [5.41, 5.74) is 4.30. The molecule has 5 nitrogen and oxygen atoms in total. The van der Waals surface area contributed by atoms with Crippen molar-refractivity contribution in [2.24, 2.45) is 5.92 Å². The first-order chi connectivity index (χ1) is 16.5. The number of rotatable bonds is 6. The first-order valence-corrected chi connectivity index (χ1v) is 11.0. The monoisotopic (exact) mass is 457 g/mol. The van der Waals surface area contributed by atoms with Gasteiger partial charge in [0.25, 0.3) is 0 Å². The van der Waals surface area contributed by atoms with Gasteiger partial charge in [0.2, 0.25) is 5.95 Å². The second-order valence-corrected chi connectivity index (χ2v) is 8.29. The molecule has 1 aliphatic rings. The van der Waals surface area contributed by atoms with Gasteiger partial charge in [-0.3, -0.25) is 10.1 Å². The molecule has 0 aliphatic heterocycles. The predicted octanol–water partition coefficient (Wildman–Crippen LogP) is 6.09. The van der Waals surface area contributed by atoms with E-state index < -0.39 is 17.7 Å². The van der Waals surface area contributed by atoms with E-state index in [4.69, 9.17) is 5.11 Å². The van der Waals surface area contributed by atoms with Crippen molar-refractivity contribution in [3.8, 4) is 0 Å². The van der Waals surface area contributed by atoms with Crippen molar-refractivity contribution in [3.05, 3.63) is 101 Å². The van der Waals surface area contributed by atoms with E-state index in [1.165, 1.54) is 12.1 Å². The van der Waals surface area contributed by atoms with E-state index in [0.717, 1.165) is 36.5 Å². The van der Waals surface area contributed by atoms with Crippen LogP contribution in [0.1, 0.15) is 41.6 Å². The van der Waals surface area contributed by atoms with Gasteiger partial charge < -0.3 is 5.11 Å². The number of aromatic nitrogens is 3. The molecule has 1 aliphatic carbocycles. The molecule has 0 spiro atoms. The van der Waals surface area contributed by atoms with E-state index in [2.05, 4.69) is 15.2 Å². The van der Waals surface area contributed by atoms with Gasteiger partial charge in [-0.25, -0.2) is 9.18 Å². The van der Waals surface area contributed by atoms with Crippen LogP contribution in [0.5, 0.6) is 0 Å². The Hall–Kier alpha value is -4.13. The molecule has 1 fully saturated rings. The fraction of sp³-hybridized carbons (Fsp3) is 0.148. The summed E-state index contributed by atoms with van der Waals surface area (Å²) in [6, 6.07) is 15.6. The van der Waals surface area contributed by atoms with E-state index in [9.17, 15) is 9.18 Å². The quantitative estimate of drug-likeness (QED) is 0.343. The number of fused-ring (bicyclic) bond motifs is 1. The fourth-order valence-electron chi connectivity index (χ4n) is 4.42. The number of nitrogens with zero attached hydrogens (tertiary/aromatic N) is 2. The van der Waals surface area contributed by atoms with Crippen molar-refractivity contribution < 1.29 is 18.7 Å². The maximum Gasteiger partial charge on any atom is 0.328 e. The van der Waals surface area contributed by atoms with Gasteiger partial charge in [0.15, 0.2) is 0 Å². The van der Waals surface area contributed by atoms with Crippen molar-refractivity contribution in [1.29, 1.82) is 0 Å². The van der Waals surface area contributed by atoms with Crippen LogP contribution in [-0.2, 0) is 4.79 Å². The summed E-state index contributed by atoms with van der Waals surface area (Å²) in [6.45, 7) is 0. The van der Waals surface area contributed by atoms with E-state index >= 15 is 4.39 Å². The molecular formula is C27H21F2N3O2. The molecule has 0 bridgehead atoms. The molecule has 0 unspecified atom stereocenters. The lowest BCUT2D eigenvalue weighted by atomic mass is 9.74. The summed E-state index contributed by atoms with van der Waals surface area (Å²) in [5, 5.41) is 15.7. The molecule has 1 saturated carbocycles. The minimum atomic E-state index is -1.04. The highest BCUT2D eigenvalue weighted by Gasteiger charge is 2.30. The highest BCUT2D eigenvalue weighted by Crippen LogP contribution is 2.46. The zero-order chi connectivity index (χ0) is 23.7. The number of halogens is 2. The number of benzene rings is 2. The maximum absolute atomic E-state index is 15.1. The molecular weight excluding hydrogens is 436 g/mol. The topological polar surface area (TPSA) is 78.9 Å². The van der Waals surface area contributed by atoms with E-state index in [0.29, 0.717) is 27.6 Å². The van der Waals surface area contributed by atoms with E-state index in [1.807, 2.05) is 24.3 Å². The number of H-pyrrole nitrogens is 1. The normalized spacial score (nSPS) is 14.9. The van der Waals surface area contributed by atoms with Crippen molar-refractivity contribution in [1.82, 2.24) is 15.2 Å². The summed E-state index contributed by atoms with van der Waals surface area (Å²) < 4.78 is 29.9. The molecule has 0 amide bonds. The standard InChI is InChI=1S/C27H21F2N3O2/c28-20-7-3-15-30-26(20)24(17-4-1-5-17)23(18-12-9-16(10-13-18)11-14-22(33)34)19-6-2-8-21-25(19)27(29)32-31-21/h2-3,6-15,17H,1,4-5H2,(H,31,32)(H,33,34). The zero-order valence-corrected chi connectivity index (χ0v) is 18.1. The van der Waals surface area contributed by atoms with Crippen LogP contribution in [-0.4, -0.2) is 26.3 Å². The first-order valence-electron chi connectivity index (χ1n) is 11.0. The van der Waals surface area contributed by atoms with Crippen LogP contribution in [0.25, 0.3) is 28.1 Å². The Kier molecular flexibility index (Phi) is 5.76. The highest BCUT2D eigenvalue weighted by atomic mass is 19.1. The number of carboxylic acids is 1. The smallest absolute Gasteiger partial charge is 0.328 e. The Morgan fingerprint density at radius 2 is 1.85 bits per heavy atom. The van der Waals surface area contributed by atoms with Crippen molar-refractivity contribution >= 4 is 34.1 Å². The summed E-state index contributed by atoms with van der Waals surface area (Å²) in [7, 11) is 0. The number of aromatic amines is 1. The molecule has 0 saturated heterocycles. The predicted molar refractivity (Wildman–Crippen MR) is 127 cm³/mol. The van der Waals surface area contributed by atoms with Crippen LogP contribution in [0.2, 0.25) is 0 Å². The zero-order valence-electron chi connectivity index (χ0n) is 18.1. The van der Waals surface area contributed by atoms with Crippen LogP contribution >= 0.6 is 0 Å². The number of nitrogens with one attached hydrogen (secondary N) is 1. The summed E-state index contributed by atoms with van der Waals surface area (Å²) >= 11 is 0. The molecule has 2 aromatic carbocycles. The minimum absolute atomic E-state index is 0.0798. The van der Waals surface area contributed by atoms with Crippen molar-refractivity contribution in [2.75, 3.05) is 0 Å². The second-order valence-electron chi connectivity index (χ2n) is 8.29. The number of pyridine rings is 1. The summed E-state index contributed by atoms with van der Waals surface area (Å²) in [5.74, 6) is -2.01. The van der Waals surface area contributed by atoms with Gasteiger partial charge in [-0.05, 0) is 70.9 Å².